The lowest BCUT2D eigenvalue weighted by Crippen LogP contribution is -2.69. The normalized spacial score (nSPS) is 25.5. The van der Waals surface area contributed by atoms with Gasteiger partial charge in [0.1, 0.15) is 11.6 Å². The third-order valence-corrected chi connectivity index (χ3v) is 4.84. The number of carbonyl (C=O) groups is 2. The topological polar surface area (TPSA) is 49.4 Å². The molecule has 1 heterocycles. The van der Waals surface area contributed by atoms with E-state index < -0.39 is 5.54 Å². The molecule has 0 radical (unpaired) electrons. The van der Waals surface area contributed by atoms with Crippen LogP contribution in [0.4, 0.5) is 0 Å². The van der Waals surface area contributed by atoms with Crippen LogP contribution in [0.3, 0.4) is 0 Å². The van der Waals surface area contributed by atoms with Crippen molar-refractivity contribution in [2.24, 2.45) is 0 Å². The van der Waals surface area contributed by atoms with Gasteiger partial charge in [-0.2, -0.15) is 0 Å². The van der Waals surface area contributed by atoms with Crippen molar-refractivity contribution in [1.82, 2.24) is 10.2 Å². The lowest BCUT2D eigenvalue weighted by Gasteiger charge is -2.43. The number of piperazine rings is 1. The molecule has 5 heteroatoms. The van der Waals surface area contributed by atoms with Crippen molar-refractivity contribution in [1.29, 1.82) is 0 Å². The number of hydrogen-bond acceptors (Lipinski definition) is 3. The minimum absolute atomic E-state index is 0.0246. The molecule has 19 heavy (non-hydrogen) atoms. The molecule has 1 saturated heterocycles. The summed E-state index contributed by atoms with van der Waals surface area (Å²) in [6.45, 7) is 2.39. The molecule has 0 bridgehead atoms. The van der Waals surface area contributed by atoms with Gasteiger partial charge in [-0.05, 0) is 19.8 Å². The summed E-state index contributed by atoms with van der Waals surface area (Å²) in [5, 5.41) is 2.95. The van der Waals surface area contributed by atoms with Crippen LogP contribution in [0.5, 0.6) is 0 Å². The Morgan fingerprint density at radius 1 is 1.47 bits per heavy atom. The number of nitrogens with zero attached hydrogens (tertiary/aromatic N) is 1. The molecule has 2 fully saturated rings. The largest absolute Gasteiger partial charge is 0.340 e. The fourth-order valence-corrected chi connectivity index (χ4v) is 3.48. The number of carbonyl (C=O) groups excluding carboxylic acids is 2. The molecule has 104 valence electrons. The van der Waals surface area contributed by atoms with Gasteiger partial charge >= 0.3 is 0 Å². The predicted molar refractivity (Wildman–Crippen MR) is 76.7 cm³/mol. The van der Waals surface area contributed by atoms with E-state index in [2.05, 4.69) is 11.2 Å². The van der Waals surface area contributed by atoms with Gasteiger partial charge in [-0.3, -0.25) is 9.59 Å². The Morgan fingerprint density at radius 2 is 2.16 bits per heavy atom. The van der Waals surface area contributed by atoms with Crippen molar-refractivity contribution < 1.29 is 9.59 Å². The van der Waals surface area contributed by atoms with Crippen molar-refractivity contribution in [2.45, 2.75) is 44.2 Å². The monoisotopic (exact) mass is 280 g/mol. The number of hydrogen-bond donors (Lipinski definition) is 1. The Morgan fingerprint density at radius 3 is 2.79 bits per heavy atom. The van der Waals surface area contributed by atoms with Crippen molar-refractivity contribution in [2.75, 3.05) is 18.1 Å². The van der Waals surface area contributed by atoms with Crippen LogP contribution in [-0.4, -0.2) is 46.3 Å². The minimum atomic E-state index is -0.611. The summed E-state index contributed by atoms with van der Waals surface area (Å²) in [7, 11) is 0. The summed E-state index contributed by atoms with van der Waals surface area (Å²) in [6.07, 6.45) is 8.78. The summed E-state index contributed by atoms with van der Waals surface area (Å²) >= 11 is 1.62. The summed E-state index contributed by atoms with van der Waals surface area (Å²) in [4.78, 5) is 26.4. The van der Waals surface area contributed by atoms with Crippen LogP contribution in [0.1, 0.15) is 32.6 Å². The van der Waals surface area contributed by atoms with Gasteiger partial charge in [0.25, 0.3) is 0 Å². The van der Waals surface area contributed by atoms with Gasteiger partial charge < -0.3 is 10.2 Å². The fourth-order valence-electron chi connectivity index (χ4n) is 2.89. The first-order chi connectivity index (χ1) is 9.10. The van der Waals surface area contributed by atoms with Crippen LogP contribution in [0.15, 0.2) is 0 Å². The highest BCUT2D eigenvalue weighted by Crippen LogP contribution is 2.34. The first kappa shape index (κ1) is 14.3. The maximum absolute atomic E-state index is 12.6. The molecule has 0 aromatic heterocycles. The molecule has 1 aliphatic carbocycles. The van der Waals surface area contributed by atoms with E-state index in [0.717, 1.165) is 31.4 Å². The SMILES string of the molecule is C#CCSCCN1C(=O)C2(CCCC2)NC(=O)C1C. The van der Waals surface area contributed by atoms with E-state index in [1.807, 2.05) is 0 Å². The number of rotatable bonds is 4. The quantitative estimate of drug-likeness (QED) is 0.618. The second-order valence-electron chi connectivity index (χ2n) is 5.21. The average Bonchev–Trinajstić information content (AvgIpc) is 2.85. The van der Waals surface area contributed by atoms with Gasteiger partial charge in [-0.1, -0.05) is 18.8 Å². The van der Waals surface area contributed by atoms with Crippen molar-refractivity contribution in [3.63, 3.8) is 0 Å². The lowest BCUT2D eigenvalue weighted by molar-refractivity contribution is -0.153. The van der Waals surface area contributed by atoms with Crippen molar-refractivity contribution >= 4 is 23.6 Å². The highest BCUT2D eigenvalue weighted by atomic mass is 32.2. The number of terminal acetylenes is 1. The van der Waals surface area contributed by atoms with E-state index in [-0.39, 0.29) is 17.9 Å². The zero-order valence-corrected chi connectivity index (χ0v) is 12.1. The van der Waals surface area contributed by atoms with Crippen LogP contribution < -0.4 is 5.32 Å². The number of nitrogens with one attached hydrogen (secondary N) is 1. The zero-order valence-electron chi connectivity index (χ0n) is 11.3. The Hall–Kier alpha value is -1.15. The molecule has 1 N–H and O–H groups in total. The van der Waals surface area contributed by atoms with Crippen LogP contribution in [-0.2, 0) is 9.59 Å². The Bertz CT molecular complexity index is 410. The molecule has 1 spiro atoms. The van der Waals surface area contributed by atoms with E-state index >= 15 is 0 Å². The Balaban J connectivity index is 2.04. The highest BCUT2D eigenvalue weighted by Gasteiger charge is 2.50. The smallest absolute Gasteiger partial charge is 0.249 e. The van der Waals surface area contributed by atoms with Gasteiger partial charge in [0, 0.05) is 12.3 Å². The highest BCUT2D eigenvalue weighted by molar-refractivity contribution is 7.99. The van der Waals surface area contributed by atoms with Crippen LogP contribution in [0.2, 0.25) is 0 Å². The molecule has 0 aromatic rings. The van der Waals surface area contributed by atoms with E-state index in [0.29, 0.717) is 12.3 Å². The van der Waals surface area contributed by atoms with E-state index in [1.165, 1.54) is 0 Å². The van der Waals surface area contributed by atoms with Gasteiger partial charge in [-0.25, -0.2) is 0 Å². The van der Waals surface area contributed by atoms with Gasteiger partial charge in [0.15, 0.2) is 0 Å². The molecule has 2 aliphatic rings. The second-order valence-corrected chi connectivity index (χ2v) is 6.31. The Labute approximate surface area is 118 Å². The summed E-state index contributed by atoms with van der Waals surface area (Å²) in [5.41, 5.74) is -0.611. The van der Waals surface area contributed by atoms with Gasteiger partial charge in [-0.15, -0.1) is 18.2 Å². The number of thioether (sulfide) groups is 1. The molecule has 0 aromatic carbocycles. The minimum Gasteiger partial charge on any atom is -0.340 e. The summed E-state index contributed by atoms with van der Waals surface area (Å²) < 4.78 is 0. The molecule has 1 atom stereocenters. The molecular formula is C14H20N2O2S. The molecule has 2 amide bonds. The van der Waals surface area contributed by atoms with E-state index in [1.54, 1.807) is 23.6 Å². The van der Waals surface area contributed by atoms with E-state index in [9.17, 15) is 9.59 Å². The molecule has 1 unspecified atom stereocenters. The number of amides is 2. The molecule has 1 saturated carbocycles. The maximum Gasteiger partial charge on any atom is 0.249 e. The third-order valence-electron chi connectivity index (χ3n) is 4.00. The average molecular weight is 280 g/mol. The first-order valence-electron chi connectivity index (χ1n) is 6.75. The predicted octanol–water partition coefficient (Wildman–Crippen LogP) is 1.01. The van der Waals surface area contributed by atoms with Crippen LogP contribution >= 0.6 is 11.8 Å². The molecule has 4 nitrogen and oxygen atoms in total. The van der Waals surface area contributed by atoms with Crippen LogP contribution in [0.25, 0.3) is 0 Å². The van der Waals surface area contributed by atoms with E-state index in [4.69, 9.17) is 6.42 Å². The first-order valence-corrected chi connectivity index (χ1v) is 7.90. The van der Waals surface area contributed by atoms with Crippen molar-refractivity contribution in [3.05, 3.63) is 0 Å². The molecule has 1 aliphatic heterocycles. The lowest BCUT2D eigenvalue weighted by atomic mass is 9.91. The third kappa shape index (κ3) is 2.74. The second kappa shape index (κ2) is 5.87. The Kier molecular flexibility index (Phi) is 4.41. The summed E-state index contributed by atoms with van der Waals surface area (Å²) in [5.74, 6) is 4.06. The van der Waals surface area contributed by atoms with Gasteiger partial charge in [0.05, 0.1) is 5.75 Å². The van der Waals surface area contributed by atoms with Gasteiger partial charge in [0.2, 0.25) is 11.8 Å². The van der Waals surface area contributed by atoms with Crippen molar-refractivity contribution in [3.8, 4) is 12.3 Å². The maximum atomic E-state index is 12.6. The summed E-state index contributed by atoms with van der Waals surface area (Å²) in [6, 6.07) is -0.370. The van der Waals surface area contributed by atoms with Crippen LogP contribution in [0, 0.1) is 12.3 Å². The fraction of sp³-hybridized carbons (Fsp3) is 0.714. The molecular weight excluding hydrogens is 260 g/mol. The zero-order chi connectivity index (χ0) is 13.9. The standard InChI is InChI=1S/C14H20N2O2S/c1-3-9-19-10-8-16-11(2)12(17)15-14(13(16)18)6-4-5-7-14/h1,11H,4-10H2,2H3,(H,15,17). The molecule has 2 rings (SSSR count).